The molecule has 0 aliphatic carbocycles. The van der Waals surface area contributed by atoms with Crippen LogP contribution >= 0.6 is 0 Å². The van der Waals surface area contributed by atoms with Crippen LogP contribution in [0.15, 0.2) is 24.3 Å². The van der Waals surface area contributed by atoms with Crippen molar-refractivity contribution < 1.29 is 9.90 Å². The Morgan fingerprint density at radius 1 is 1.45 bits per heavy atom. The summed E-state index contributed by atoms with van der Waals surface area (Å²) in [5.41, 5.74) is 1.62. The Hall–Kier alpha value is -1.88. The SMILES string of the molecule is CCCc1nc2ccccc2n1C1(CC(=O)O)CNC1. The summed E-state index contributed by atoms with van der Waals surface area (Å²) in [6, 6.07) is 7.98. The molecule has 1 aromatic heterocycles. The molecule has 1 aliphatic rings. The number of aromatic nitrogens is 2. The summed E-state index contributed by atoms with van der Waals surface area (Å²) in [6.07, 6.45) is 2.01. The fraction of sp³-hybridized carbons (Fsp3) is 0.467. The van der Waals surface area contributed by atoms with Gasteiger partial charge in [-0.25, -0.2) is 4.98 Å². The summed E-state index contributed by atoms with van der Waals surface area (Å²) < 4.78 is 2.16. The number of carboxylic acids is 1. The lowest BCUT2D eigenvalue weighted by molar-refractivity contribution is -0.140. The molecule has 1 saturated heterocycles. The minimum Gasteiger partial charge on any atom is -0.481 e. The smallest absolute Gasteiger partial charge is 0.305 e. The third-order valence-electron chi connectivity index (χ3n) is 3.97. The second-order valence-corrected chi connectivity index (χ2v) is 5.50. The molecule has 0 bridgehead atoms. The topological polar surface area (TPSA) is 67.2 Å². The van der Waals surface area contributed by atoms with Gasteiger partial charge in [0, 0.05) is 19.5 Å². The summed E-state index contributed by atoms with van der Waals surface area (Å²) in [4.78, 5) is 15.9. The molecule has 0 spiro atoms. The number of benzene rings is 1. The molecule has 106 valence electrons. The molecular formula is C15H19N3O2. The van der Waals surface area contributed by atoms with Crippen LogP contribution in [0, 0.1) is 0 Å². The van der Waals surface area contributed by atoms with Crippen molar-refractivity contribution in [2.75, 3.05) is 13.1 Å². The first-order valence-electron chi connectivity index (χ1n) is 7.06. The van der Waals surface area contributed by atoms with E-state index in [4.69, 9.17) is 4.98 Å². The highest BCUT2D eigenvalue weighted by Crippen LogP contribution is 2.32. The van der Waals surface area contributed by atoms with Gasteiger partial charge in [-0.15, -0.1) is 0 Å². The maximum absolute atomic E-state index is 11.2. The standard InChI is InChI=1S/C15H19N3O2/c1-2-5-13-17-11-6-3-4-7-12(11)18(13)15(8-14(19)20)9-16-10-15/h3-4,6-7,16H,2,5,8-10H2,1H3,(H,19,20). The summed E-state index contributed by atoms with van der Waals surface area (Å²) in [5, 5.41) is 12.5. The van der Waals surface area contributed by atoms with E-state index in [0.29, 0.717) is 13.1 Å². The zero-order valence-corrected chi connectivity index (χ0v) is 11.6. The first-order chi connectivity index (χ1) is 9.66. The Kier molecular flexibility index (Phi) is 3.22. The molecule has 3 rings (SSSR count). The maximum Gasteiger partial charge on any atom is 0.305 e. The van der Waals surface area contributed by atoms with Crippen LogP contribution in [-0.4, -0.2) is 33.7 Å². The van der Waals surface area contributed by atoms with Crippen molar-refractivity contribution >= 4 is 17.0 Å². The van der Waals surface area contributed by atoms with E-state index < -0.39 is 5.97 Å². The van der Waals surface area contributed by atoms with E-state index in [2.05, 4.69) is 16.8 Å². The number of fused-ring (bicyclic) bond motifs is 1. The molecule has 2 heterocycles. The molecule has 0 unspecified atom stereocenters. The number of carbonyl (C=O) groups is 1. The Morgan fingerprint density at radius 2 is 2.20 bits per heavy atom. The van der Waals surface area contributed by atoms with E-state index in [0.717, 1.165) is 29.7 Å². The summed E-state index contributed by atoms with van der Waals surface area (Å²) in [6.45, 7) is 3.50. The van der Waals surface area contributed by atoms with Gasteiger partial charge in [0.1, 0.15) is 5.82 Å². The van der Waals surface area contributed by atoms with Crippen LogP contribution in [0.1, 0.15) is 25.6 Å². The van der Waals surface area contributed by atoms with Gasteiger partial charge in [0.2, 0.25) is 0 Å². The van der Waals surface area contributed by atoms with Crippen molar-refractivity contribution in [2.24, 2.45) is 0 Å². The number of aryl methyl sites for hydroxylation is 1. The number of hydrogen-bond acceptors (Lipinski definition) is 3. The number of carboxylic acid groups (broad SMARTS) is 1. The van der Waals surface area contributed by atoms with E-state index in [9.17, 15) is 9.90 Å². The van der Waals surface area contributed by atoms with Crippen LogP contribution in [0.25, 0.3) is 11.0 Å². The summed E-state index contributed by atoms with van der Waals surface area (Å²) in [5.74, 6) is 0.239. The van der Waals surface area contributed by atoms with Gasteiger partial charge in [0.05, 0.1) is 23.0 Å². The summed E-state index contributed by atoms with van der Waals surface area (Å²) >= 11 is 0. The van der Waals surface area contributed by atoms with Gasteiger partial charge in [-0.2, -0.15) is 0 Å². The lowest BCUT2D eigenvalue weighted by Gasteiger charge is -2.44. The van der Waals surface area contributed by atoms with Crippen LogP contribution in [-0.2, 0) is 16.8 Å². The predicted molar refractivity (Wildman–Crippen MR) is 76.8 cm³/mol. The van der Waals surface area contributed by atoms with E-state index in [1.54, 1.807) is 0 Å². The van der Waals surface area contributed by atoms with Crippen molar-refractivity contribution in [3.05, 3.63) is 30.1 Å². The Labute approximate surface area is 117 Å². The Morgan fingerprint density at radius 3 is 2.80 bits per heavy atom. The predicted octanol–water partition coefficient (Wildman–Crippen LogP) is 1.76. The zero-order valence-electron chi connectivity index (χ0n) is 11.6. The van der Waals surface area contributed by atoms with Crippen LogP contribution in [0.2, 0.25) is 0 Å². The molecule has 0 amide bonds. The van der Waals surface area contributed by atoms with E-state index >= 15 is 0 Å². The summed E-state index contributed by atoms with van der Waals surface area (Å²) in [7, 11) is 0. The monoisotopic (exact) mass is 273 g/mol. The number of rotatable bonds is 5. The molecule has 2 aromatic rings. The highest BCUT2D eigenvalue weighted by Gasteiger charge is 2.43. The van der Waals surface area contributed by atoms with Crippen LogP contribution < -0.4 is 5.32 Å². The lowest BCUT2D eigenvalue weighted by Crippen LogP contribution is -2.61. The quantitative estimate of drug-likeness (QED) is 0.871. The third kappa shape index (κ3) is 1.98. The van der Waals surface area contributed by atoms with Crippen molar-refractivity contribution in [3.63, 3.8) is 0 Å². The first kappa shape index (κ1) is 13.1. The fourth-order valence-electron chi connectivity index (χ4n) is 3.05. The van der Waals surface area contributed by atoms with Crippen LogP contribution in [0.3, 0.4) is 0 Å². The van der Waals surface area contributed by atoms with Gasteiger partial charge in [-0.05, 0) is 18.6 Å². The molecule has 0 atom stereocenters. The molecule has 20 heavy (non-hydrogen) atoms. The van der Waals surface area contributed by atoms with Crippen molar-refractivity contribution in [1.29, 1.82) is 0 Å². The molecular weight excluding hydrogens is 254 g/mol. The van der Waals surface area contributed by atoms with Gasteiger partial charge in [-0.1, -0.05) is 19.1 Å². The average molecular weight is 273 g/mol. The number of imidazole rings is 1. The highest BCUT2D eigenvalue weighted by molar-refractivity contribution is 5.77. The van der Waals surface area contributed by atoms with Gasteiger partial charge >= 0.3 is 5.97 Å². The molecule has 1 fully saturated rings. The molecule has 0 radical (unpaired) electrons. The number of nitrogens with one attached hydrogen (secondary N) is 1. The Bertz CT molecular complexity index is 644. The second kappa shape index (κ2) is 4.90. The minimum absolute atomic E-state index is 0.136. The van der Waals surface area contributed by atoms with Crippen LogP contribution in [0.4, 0.5) is 0 Å². The minimum atomic E-state index is -0.758. The Balaban J connectivity index is 2.17. The highest BCUT2D eigenvalue weighted by atomic mass is 16.4. The molecule has 1 aliphatic heterocycles. The number of para-hydroxylation sites is 2. The van der Waals surface area contributed by atoms with Crippen molar-refractivity contribution in [1.82, 2.24) is 14.9 Å². The maximum atomic E-state index is 11.2. The first-order valence-corrected chi connectivity index (χ1v) is 7.06. The van der Waals surface area contributed by atoms with E-state index in [1.807, 2.05) is 24.3 Å². The van der Waals surface area contributed by atoms with E-state index in [1.165, 1.54) is 0 Å². The van der Waals surface area contributed by atoms with Gasteiger partial charge < -0.3 is 15.0 Å². The van der Waals surface area contributed by atoms with Gasteiger partial charge in [0.25, 0.3) is 0 Å². The van der Waals surface area contributed by atoms with Crippen molar-refractivity contribution in [2.45, 2.75) is 31.7 Å². The number of nitrogens with zero attached hydrogens (tertiary/aromatic N) is 2. The molecule has 2 N–H and O–H groups in total. The number of aliphatic carboxylic acids is 1. The fourth-order valence-corrected chi connectivity index (χ4v) is 3.05. The molecule has 5 heteroatoms. The molecule has 5 nitrogen and oxygen atoms in total. The van der Waals surface area contributed by atoms with Gasteiger partial charge in [0.15, 0.2) is 0 Å². The zero-order chi connectivity index (χ0) is 14.2. The number of hydrogen-bond donors (Lipinski definition) is 2. The molecule has 0 saturated carbocycles. The van der Waals surface area contributed by atoms with E-state index in [-0.39, 0.29) is 12.0 Å². The largest absolute Gasteiger partial charge is 0.481 e. The molecule has 1 aromatic carbocycles. The van der Waals surface area contributed by atoms with Crippen LogP contribution in [0.5, 0.6) is 0 Å². The third-order valence-corrected chi connectivity index (χ3v) is 3.97. The normalized spacial score (nSPS) is 17.1. The second-order valence-electron chi connectivity index (χ2n) is 5.50. The average Bonchev–Trinajstić information content (AvgIpc) is 2.72. The lowest BCUT2D eigenvalue weighted by atomic mass is 9.87. The van der Waals surface area contributed by atoms with Crippen molar-refractivity contribution in [3.8, 4) is 0 Å². The van der Waals surface area contributed by atoms with Gasteiger partial charge in [-0.3, -0.25) is 4.79 Å².